The lowest BCUT2D eigenvalue weighted by Crippen LogP contribution is -2.42. The Morgan fingerprint density at radius 1 is 1.33 bits per heavy atom. The van der Waals surface area contributed by atoms with Gasteiger partial charge in [-0.05, 0) is 49.1 Å². The Balaban J connectivity index is 1.53. The molecule has 1 N–H and O–H groups in total. The number of likely N-dealkylation sites (tertiary alicyclic amines) is 1. The van der Waals surface area contributed by atoms with Crippen LogP contribution in [0.25, 0.3) is 6.08 Å². The molecule has 0 radical (unpaired) electrons. The lowest BCUT2D eigenvalue weighted by molar-refractivity contribution is -0.132. The molecule has 0 bridgehead atoms. The quantitative estimate of drug-likeness (QED) is 0.786. The first kappa shape index (κ1) is 19.5. The number of ether oxygens (including phenoxy) is 1. The maximum atomic E-state index is 12.4. The Hall–Kier alpha value is -2.27. The number of hydrogen-bond donors (Lipinski definition) is 1. The summed E-state index contributed by atoms with van der Waals surface area (Å²) < 4.78 is 5.69. The highest BCUT2D eigenvalue weighted by molar-refractivity contribution is 6.30. The molecule has 2 aliphatic heterocycles. The molecule has 0 aromatic heterocycles. The Morgan fingerprint density at radius 2 is 2.11 bits per heavy atom. The summed E-state index contributed by atoms with van der Waals surface area (Å²) in [4.78, 5) is 26.3. The van der Waals surface area contributed by atoms with Gasteiger partial charge in [0.2, 0.25) is 11.8 Å². The fourth-order valence-electron chi connectivity index (χ4n) is 3.30. The molecule has 0 aliphatic carbocycles. The van der Waals surface area contributed by atoms with Crippen LogP contribution < -0.4 is 10.1 Å². The van der Waals surface area contributed by atoms with Gasteiger partial charge in [-0.25, -0.2) is 0 Å². The molecule has 3 rings (SSSR count). The fourth-order valence-corrected chi connectivity index (χ4v) is 3.48. The highest BCUT2D eigenvalue weighted by Crippen LogP contribution is 2.29. The average Bonchev–Trinajstić information content (AvgIpc) is 2.70. The molecule has 0 unspecified atom stereocenters. The van der Waals surface area contributed by atoms with E-state index in [4.69, 9.17) is 16.3 Å². The molecule has 27 heavy (non-hydrogen) atoms. The van der Waals surface area contributed by atoms with Crippen molar-refractivity contribution < 1.29 is 14.3 Å². The number of hydrogen-bond acceptors (Lipinski definition) is 3. The zero-order chi connectivity index (χ0) is 19.2. The van der Waals surface area contributed by atoms with Crippen molar-refractivity contribution in [1.29, 1.82) is 0 Å². The van der Waals surface area contributed by atoms with Crippen LogP contribution in [0.1, 0.15) is 31.7 Å². The van der Waals surface area contributed by atoms with Crippen LogP contribution in [0.2, 0.25) is 5.02 Å². The van der Waals surface area contributed by atoms with E-state index >= 15 is 0 Å². The molecule has 1 aromatic carbocycles. The van der Waals surface area contributed by atoms with Crippen LogP contribution >= 0.6 is 11.6 Å². The predicted molar refractivity (Wildman–Crippen MR) is 107 cm³/mol. The summed E-state index contributed by atoms with van der Waals surface area (Å²) in [7, 11) is 0. The van der Waals surface area contributed by atoms with Crippen molar-refractivity contribution >= 4 is 29.5 Å². The smallest absolute Gasteiger partial charge is 0.246 e. The molecule has 1 aromatic rings. The van der Waals surface area contributed by atoms with Crippen molar-refractivity contribution in [3.8, 4) is 5.75 Å². The van der Waals surface area contributed by atoms with Gasteiger partial charge in [-0.2, -0.15) is 0 Å². The van der Waals surface area contributed by atoms with E-state index in [1.165, 1.54) is 0 Å². The van der Waals surface area contributed by atoms with E-state index in [0.29, 0.717) is 44.1 Å². The summed E-state index contributed by atoms with van der Waals surface area (Å²) in [6.45, 7) is 4.40. The van der Waals surface area contributed by atoms with E-state index in [9.17, 15) is 9.59 Å². The minimum absolute atomic E-state index is 0.0142. The largest absolute Gasteiger partial charge is 0.488 e. The maximum Gasteiger partial charge on any atom is 0.246 e. The Morgan fingerprint density at radius 3 is 2.85 bits per heavy atom. The molecule has 0 spiro atoms. The number of fused-ring (bicyclic) bond motifs is 1. The van der Waals surface area contributed by atoms with Crippen LogP contribution in [0, 0.1) is 5.92 Å². The van der Waals surface area contributed by atoms with Gasteiger partial charge < -0.3 is 15.0 Å². The molecule has 6 heteroatoms. The predicted octanol–water partition coefficient (Wildman–Crippen LogP) is 3.44. The topological polar surface area (TPSA) is 58.6 Å². The van der Waals surface area contributed by atoms with Crippen molar-refractivity contribution in [2.45, 2.75) is 26.2 Å². The van der Waals surface area contributed by atoms with Crippen molar-refractivity contribution in [1.82, 2.24) is 10.2 Å². The van der Waals surface area contributed by atoms with Crippen LogP contribution in [0.4, 0.5) is 0 Å². The Bertz CT molecular complexity index is 765. The number of halogens is 1. The third kappa shape index (κ3) is 5.13. The van der Waals surface area contributed by atoms with Crippen molar-refractivity contribution in [3.63, 3.8) is 0 Å². The SMILES string of the molecule is CCCNC(=O)C1CCN(C(=O)C=CC2=Cc3cc(Cl)ccc3OC2)CC1. The number of carbonyl (C=O) groups excluding carboxylic acids is 2. The van der Waals surface area contributed by atoms with E-state index in [2.05, 4.69) is 5.32 Å². The molecule has 2 amide bonds. The highest BCUT2D eigenvalue weighted by atomic mass is 35.5. The summed E-state index contributed by atoms with van der Waals surface area (Å²) in [5.41, 5.74) is 1.84. The number of nitrogens with one attached hydrogen (secondary N) is 1. The highest BCUT2D eigenvalue weighted by Gasteiger charge is 2.26. The van der Waals surface area contributed by atoms with Crippen molar-refractivity contribution in [2.75, 3.05) is 26.2 Å². The second-order valence-electron chi connectivity index (χ2n) is 6.91. The van der Waals surface area contributed by atoms with Gasteiger partial charge in [0.25, 0.3) is 0 Å². The van der Waals surface area contributed by atoms with Gasteiger partial charge in [0.15, 0.2) is 0 Å². The third-order valence-electron chi connectivity index (χ3n) is 4.87. The molecule has 1 fully saturated rings. The van der Waals surface area contributed by atoms with Crippen LogP contribution in [-0.2, 0) is 9.59 Å². The van der Waals surface area contributed by atoms with Gasteiger partial charge in [-0.3, -0.25) is 9.59 Å². The van der Waals surface area contributed by atoms with E-state index in [0.717, 1.165) is 23.3 Å². The minimum atomic E-state index is -0.0276. The van der Waals surface area contributed by atoms with Crippen molar-refractivity contribution in [2.24, 2.45) is 5.92 Å². The summed E-state index contributed by atoms with van der Waals surface area (Å²) in [5, 5.41) is 3.59. The molecule has 144 valence electrons. The third-order valence-corrected chi connectivity index (χ3v) is 5.11. The normalized spacial score (nSPS) is 17.3. The molecular formula is C21H25ClN2O3. The van der Waals surface area contributed by atoms with Crippen LogP contribution in [0.3, 0.4) is 0 Å². The molecule has 0 atom stereocenters. The maximum absolute atomic E-state index is 12.4. The second kappa shape index (κ2) is 9.09. The van der Waals surface area contributed by atoms with Gasteiger partial charge >= 0.3 is 0 Å². The van der Waals surface area contributed by atoms with E-state index in [1.807, 2.05) is 25.1 Å². The molecule has 5 nitrogen and oxygen atoms in total. The zero-order valence-corrected chi connectivity index (χ0v) is 16.3. The van der Waals surface area contributed by atoms with Crippen LogP contribution in [0.15, 0.2) is 35.9 Å². The summed E-state index contributed by atoms with van der Waals surface area (Å²) in [6.07, 6.45) is 7.73. The standard InChI is InChI=1S/C21H25ClN2O3/c1-2-9-23-21(26)16-7-10-24(11-8-16)20(25)6-3-15-12-17-13-18(22)4-5-19(17)27-14-15/h3-6,12-13,16H,2,7-11,14H2,1H3,(H,23,26). The number of carbonyl (C=O) groups is 2. The summed E-state index contributed by atoms with van der Waals surface area (Å²) >= 11 is 6.02. The molecular weight excluding hydrogens is 364 g/mol. The van der Waals surface area contributed by atoms with Gasteiger partial charge in [-0.1, -0.05) is 24.6 Å². The molecule has 2 heterocycles. The number of piperidine rings is 1. The first-order chi connectivity index (χ1) is 13.1. The van der Waals surface area contributed by atoms with Gasteiger partial charge in [0, 0.05) is 42.2 Å². The molecule has 1 saturated heterocycles. The van der Waals surface area contributed by atoms with E-state index in [1.54, 1.807) is 23.1 Å². The van der Waals surface area contributed by atoms with E-state index < -0.39 is 0 Å². The lowest BCUT2D eigenvalue weighted by atomic mass is 9.95. The van der Waals surface area contributed by atoms with Crippen molar-refractivity contribution in [3.05, 3.63) is 46.5 Å². The number of rotatable bonds is 5. The number of amides is 2. The summed E-state index contributed by atoms with van der Waals surface area (Å²) in [6, 6.07) is 5.49. The molecule has 2 aliphatic rings. The fraction of sp³-hybridized carbons (Fsp3) is 0.429. The van der Waals surface area contributed by atoms with Crippen LogP contribution in [-0.4, -0.2) is 43.0 Å². The minimum Gasteiger partial charge on any atom is -0.488 e. The van der Waals surface area contributed by atoms with E-state index in [-0.39, 0.29) is 17.7 Å². The average molecular weight is 389 g/mol. The Kier molecular flexibility index (Phi) is 6.56. The monoisotopic (exact) mass is 388 g/mol. The Labute approximate surface area is 165 Å². The van der Waals surface area contributed by atoms with Gasteiger partial charge in [0.05, 0.1) is 0 Å². The van der Waals surface area contributed by atoms with Gasteiger partial charge in [0.1, 0.15) is 12.4 Å². The van der Waals surface area contributed by atoms with Crippen LogP contribution in [0.5, 0.6) is 5.75 Å². The van der Waals surface area contributed by atoms with Gasteiger partial charge in [-0.15, -0.1) is 0 Å². The first-order valence-electron chi connectivity index (χ1n) is 9.44. The zero-order valence-electron chi connectivity index (χ0n) is 15.5. The lowest BCUT2D eigenvalue weighted by Gasteiger charge is -2.30. The molecule has 0 saturated carbocycles. The summed E-state index contributed by atoms with van der Waals surface area (Å²) in [5.74, 6) is 0.896. The first-order valence-corrected chi connectivity index (χ1v) is 9.82. The second-order valence-corrected chi connectivity index (χ2v) is 7.35. The number of nitrogens with zero attached hydrogens (tertiary/aromatic N) is 1. The number of benzene rings is 1.